The number of carbonyl (C=O) groups is 1. The third-order valence-corrected chi connectivity index (χ3v) is 5.28. The minimum absolute atomic E-state index is 0.0625. The van der Waals surface area contributed by atoms with Crippen LogP contribution in [0.5, 0.6) is 5.75 Å². The first-order valence-corrected chi connectivity index (χ1v) is 9.95. The first-order valence-electron chi connectivity index (χ1n) is 9.95. The Balaban J connectivity index is 1.40. The molecule has 29 heavy (non-hydrogen) atoms. The molecule has 1 amide bonds. The summed E-state index contributed by atoms with van der Waals surface area (Å²) in [5, 5.41) is 0. The van der Waals surface area contributed by atoms with Gasteiger partial charge >= 0.3 is 0 Å². The maximum absolute atomic E-state index is 13.7. The molecule has 0 unspecified atom stereocenters. The topological polar surface area (TPSA) is 81.3 Å². The number of amides is 1. The predicted octanol–water partition coefficient (Wildman–Crippen LogP) is 3.49. The maximum Gasteiger partial charge on any atom is 0.254 e. The van der Waals surface area contributed by atoms with Crippen LogP contribution in [0.2, 0.25) is 0 Å². The van der Waals surface area contributed by atoms with Gasteiger partial charge in [0.05, 0.1) is 6.61 Å². The van der Waals surface area contributed by atoms with Gasteiger partial charge in [0, 0.05) is 37.6 Å². The van der Waals surface area contributed by atoms with Crippen molar-refractivity contribution >= 4 is 11.9 Å². The molecule has 1 fully saturated rings. The monoisotopic (exact) mass is 404 g/mol. The highest BCUT2D eigenvalue weighted by Crippen LogP contribution is 2.25. The number of nitrogens with two attached hydrogens (primary N) is 1. The van der Waals surface area contributed by atoms with Crippen molar-refractivity contribution in [2.45, 2.75) is 39.0 Å². The summed E-state index contributed by atoms with van der Waals surface area (Å²) in [6, 6.07) is 1.98. The predicted molar refractivity (Wildman–Crippen MR) is 106 cm³/mol. The lowest BCUT2D eigenvalue weighted by molar-refractivity contribution is 0.0992. The summed E-state index contributed by atoms with van der Waals surface area (Å²) < 4.78 is 32.9. The summed E-state index contributed by atoms with van der Waals surface area (Å²) in [7, 11) is 0. The summed E-state index contributed by atoms with van der Waals surface area (Å²) in [6.45, 7) is 4.28. The molecule has 1 aliphatic heterocycles. The number of benzene rings is 1. The molecule has 1 aromatic carbocycles. The van der Waals surface area contributed by atoms with Crippen LogP contribution in [0.25, 0.3) is 0 Å². The van der Waals surface area contributed by atoms with Gasteiger partial charge in [0.15, 0.2) is 0 Å². The van der Waals surface area contributed by atoms with Gasteiger partial charge in [0.1, 0.15) is 22.9 Å². The molecule has 3 rings (SSSR count). The fraction of sp³-hybridized carbons (Fsp3) is 0.476. The van der Waals surface area contributed by atoms with E-state index in [0.717, 1.165) is 68.8 Å². The Morgan fingerprint density at radius 2 is 1.83 bits per heavy atom. The Morgan fingerprint density at radius 3 is 2.38 bits per heavy atom. The lowest BCUT2D eigenvalue weighted by Gasteiger charge is -2.32. The molecule has 0 spiro atoms. The van der Waals surface area contributed by atoms with Crippen LogP contribution in [0.15, 0.2) is 24.5 Å². The van der Waals surface area contributed by atoms with Crippen molar-refractivity contribution in [3.8, 4) is 5.75 Å². The van der Waals surface area contributed by atoms with Crippen molar-refractivity contribution in [1.82, 2.24) is 9.97 Å². The molecule has 8 heteroatoms. The number of ether oxygens (including phenoxy) is 1. The van der Waals surface area contributed by atoms with Gasteiger partial charge in [0.2, 0.25) is 5.95 Å². The molecule has 0 bridgehead atoms. The number of rotatable bonds is 8. The van der Waals surface area contributed by atoms with Crippen molar-refractivity contribution in [2.24, 2.45) is 11.7 Å². The van der Waals surface area contributed by atoms with E-state index in [4.69, 9.17) is 10.5 Å². The SMILES string of the molecule is CCc1cnc(N2CCC(CCCOc3cc(F)c(C(N)=O)c(F)c3)CC2)nc1. The average Bonchev–Trinajstić information content (AvgIpc) is 2.71. The molecule has 156 valence electrons. The quantitative estimate of drug-likeness (QED) is 0.681. The second-order valence-electron chi connectivity index (χ2n) is 7.29. The van der Waals surface area contributed by atoms with Crippen LogP contribution in [0.3, 0.4) is 0 Å². The number of halogens is 2. The van der Waals surface area contributed by atoms with Gasteiger partial charge in [0.25, 0.3) is 5.91 Å². The van der Waals surface area contributed by atoms with Gasteiger partial charge in [-0.1, -0.05) is 6.92 Å². The molecular weight excluding hydrogens is 378 g/mol. The number of aryl methyl sites for hydroxylation is 1. The first-order chi connectivity index (χ1) is 14.0. The Kier molecular flexibility index (Phi) is 6.95. The van der Waals surface area contributed by atoms with Crippen molar-refractivity contribution in [3.05, 3.63) is 47.3 Å². The van der Waals surface area contributed by atoms with Crippen LogP contribution < -0.4 is 15.4 Å². The molecule has 1 saturated heterocycles. The van der Waals surface area contributed by atoms with Gasteiger partial charge in [-0.2, -0.15) is 0 Å². The first kappa shape index (κ1) is 21.0. The Morgan fingerprint density at radius 1 is 1.21 bits per heavy atom. The van der Waals surface area contributed by atoms with Gasteiger partial charge in [-0.05, 0) is 43.6 Å². The highest BCUT2D eigenvalue weighted by atomic mass is 19.1. The number of hydrogen-bond donors (Lipinski definition) is 1. The van der Waals surface area contributed by atoms with E-state index in [-0.39, 0.29) is 5.75 Å². The van der Waals surface area contributed by atoms with E-state index in [2.05, 4.69) is 21.8 Å². The summed E-state index contributed by atoms with van der Waals surface area (Å²) in [6.07, 6.45) is 8.56. The molecule has 0 saturated carbocycles. The zero-order valence-corrected chi connectivity index (χ0v) is 16.5. The number of nitrogens with zero attached hydrogens (tertiary/aromatic N) is 3. The van der Waals surface area contributed by atoms with Crippen molar-refractivity contribution in [2.75, 3.05) is 24.6 Å². The second-order valence-corrected chi connectivity index (χ2v) is 7.29. The molecular formula is C21H26F2N4O2. The summed E-state index contributed by atoms with van der Waals surface area (Å²) >= 11 is 0. The van der Waals surface area contributed by atoms with Gasteiger partial charge in [-0.25, -0.2) is 18.7 Å². The minimum atomic E-state index is -1.13. The van der Waals surface area contributed by atoms with Crippen LogP contribution in [0.1, 0.15) is 48.5 Å². The number of hydrogen-bond acceptors (Lipinski definition) is 5. The smallest absolute Gasteiger partial charge is 0.254 e. The number of primary amides is 1. The fourth-order valence-electron chi connectivity index (χ4n) is 3.55. The largest absolute Gasteiger partial charge is 0.493 e. The summed E-state index contributed by atoms with van der Waals surface area (Å²) in [4.78, 5) is 22.1. The molecule has 6 nitrogen and oxygen atoms in total. The number of anilines is 1. The van der Waals surface area contributed by atoms with Crippen LogP contribution in [0.4, 0.5) is 14.7 Å². The molecule has 2 aromatic rings. The Hall–Kier alpha value is -2.77. The molecule has 1 aliphatic rings. The number of carbonyl (C=O) groups excluding carboxylic acids is 1. The summed E-state index contributed by atoms with van der Waals surface area (Å²) in [5.74, 6) is -1.72. The molecule has 2 N–H and O–H groups in total. The van der Waals surface area contributed by atoms with Crippen molar-refractivity contribution < 1.29 is 18.3 Å². The number of aromatic nitrogens is 2. The lowest BCUT2D eigenvalue weighted by Crippen LogP contribution is -2.35. The standard InChI is InChI=1S/C21H26F2N4O2/c1-2-14-12-25-21(26-13-14)27-7-5-15(6-8-27)4-3-9-29-16-10-17(22)19(20(24)28)18(23)11-16/h10-13,15H,2-9H2,1H3,(H2,24,28). The molecule has 0 radical (unpaired) electrons. The van der Waals surface area contributed by atoms with E-state index < -0.39 is 23.1 Å². The Labute approximate surface area is 169 Å². The summed E-state index contributed by atoms with van der Waals surface area (Å²) in [5.41, 5.74) is 5.35. The molecule has 0 aliphatic carbocycles. The lowest BCUT2D eigenvalue weighted by atomic mass is 9.92. The molecule has 1 aromatic heterocycles. The van der Waals surface area contributed by atoms with Crippen molar-refractivity contribution in [1.29, 1.82) is 0 Å². The third-order valence-electron chi connectivity index (χ3n) is 5.28. The fourth-order valence-corrected chi connectivity index (χ4v) is 3.55. The van der Waals surface area contributed by atoms with E-state index in [9.17, 15) is 13.6 Å². The maximum atomic E-state index is 13.7. The van der Waals surface area contributed by atoms with Crippen LogP contribution in [-0.2, 0) is 6.42 Å². The van der Waals surface area contributed by atoms with E-state index >= 15 is 0 Å². The zero-order chi connectivity index (χ0) is 20.8. The van der Waals surface area contributed by atoms with Crippen molar-refractivity contribution in [3.63, 3.8) is 0 Å². The highest BCUT2D eigenvalue weighted by Gasteiger charge is 2.21. The Bertz CT molecular complexity index is 814. The third kappa shape index (κ3) is 5.40. The van der Waals surface area contributed by atoms with E-state index in [0.29, 0.717) is 12.5 Å². The van der Waals surface area contributed by atoms with E-state index in [1.54, 1.807) is 0 Å². The van der Waals surface area contributed by atoms with Crippen LogP contribution in [0, 0.1) is 17.6 Å². The molecule has 2 heterocycles. The average molecular weight is 404 g/mol. The second kappa shape index (κ2) is 9.62. The minimum Gasteiger partial charge on any atom is -0.493 e. The zero-order valence-electron chi connectivity index (χ0n) is 16.5. The van der Waals surface area contributed by atoms with E-state index in [1.165, 1.54) is 0 Å². The van der Waals surface area contributed by atoms with Crippen LogP contribution in [-0.4, -0.2) is 35.6 Å². The normalized spacial score (nSPS) is 14.8. The van der Waals surface area contributed by atoms with E-state index in [1.807, 2.05) is 12.4 Å². The van der Waals surface area contributed by atoms with Crippen LogP contribution >= 0.6 is 0 Å². The van der Waals surface area contributed by atoms with Gasteiger partial charge < -0.3 is 15.4 Å². The van der Waals surface area contributed by atoms with Gasteiger partial charge in [-0.3, -0.25) is 4.79 Å². The number of piperidine rings is 1. The highest BCUT2D eigenvalue weighted by molar-refractivity contribution is 5.93. The molecule has 0 atom stereocenters. The van der Waals surface area contributed by atoms with Gasteiger partial charge in [-0.15, -0.1) is 0 Å².